The summed E-state index contributed by atoms with van der Waals surface area (Å²) < 4.78 is 10.1. The number of halogens is 2. The van der Waals surface area contributed by atoms with E-state index in [4.69, 9.17) is 9.73 Å². The van der Waals surface area contributed by atoms with Crippen LogP contribution in [0.5, 0.6) is 5.75 Å². The number of allylic oxidation sites excluding steroid dienone is 1. The van der Waals surface area contributed by atoms with Gasteiger partial charge < -0.3 is 10.1 Å². The van der Waals surface area contributed by atoms with Gasteiger partial charge in [0, 0.05) is 10.6 Å². The van der Waals surface area contributed by atoms with E-state index in [0.29, 0.717) is 26.3 Å². The lowest BCUT2D eigenvalue weighted by Crippen LogP contribution is -2.40. The van der Waals surface area contributed by atoms with Crippen molar-refractivity contribution in [2.24, 2.45) is 4.99 Å². The number of thiazole rings is 1. The number of hydrogen-bond acceptors (Lipinski definition) is 6. The molecule has 3 heterocycles. The first-order chi connectivity index (χ1) is 18.2. The van der Waals surface area contributed by atoms with Crippen molar-refractivity contribution in [3.05, 3.63) is 109 Å². The minimum atomic E-state index is -0.556. The fourth-order valence-electron chi connectivity index (χ4n) is 4.21. The monoisotopic (exact) mass is 767 g/mol. The molecule has 38 heavy (non-hydrogen) atoms. The van der Waals surface area contributed by atoms with Crippen LogP contribution >= 0.6 is 67.9 Å². The molecule has 0 saturated heterocycles. The van der Waals surface area contributed by atoms with Crippen molar-refractivity contribution in [1.82, 2.24) is 4.57 Å². The Hall–Kier alpha value is -2.29. The number of carbonyl (C=O) groups is 1. The molecule has 5 rings (SSSR count). The summed E-state index contributed by atoms with van der Waals surface area (Å²) in [5.74, 6) is 0.581. The van der Waals surface area contributed by atoms with Gasteiger partial charge >= 0.3 is 0 Å². The molecule has 1 atom stereocenters. The van der Waals surface area contributed by atoms with E-state index in [9.17, 15) is 9.59 Å². The van der Waals surface area contributed by atoms with Crippen molar-refractivity contribution < 1.29 is 9.53 Å². The average molecular weight is 767 g/mol. The number of nitrogens with one attached hydrogen (secondary N) is 1. The lowest BCUT2D eigenvalue weighted by molar-refractivity contribution is -0.113. The molecule has 2 aromatic heterocycles. The van der Waals surface area contributed by atoms with Crippen molar-refractivity contribution >= 4 is 85.5 Å². The third kappa shape index (κ3) is 5.54. The largest absolute Gasteiger partial charge is 0.489 e. The first kappa shape index (κ1) is 27.3. The van der Waals surface area contributed by atoms with Crippen LogP contribution in [0.3, 0.4) is 0 Å². The van der Waals surface area contributed by atoms with Crippen molar-refractivity contribution in [1.29, 1.82) is 0 Å². The molecule has 0 fully saturated rings. The Morgan fingerprint density at radius 1 is 1.13 bits per heavy atom. The maximum Gasteiger partial charge on any atom is 0.271 e. The Morgan fingerprint density at radius 2 is 1.84 bits per heavy atom. The predicted molar refractivity (Wildman–Crippen MR) is 171 cm³/mol. The highest BCUT2D eigenvalue weighted by molar-refractivity contribution is 14.1. The van der Waals surface area contributed by atoms with Crippen LogP contribution in [0.4, 0.5) is 5.69 Å². The van der Waals surface area contributed by atoms with Gasteiger partial charge in [-0.25, -0.2) is 4.99 Å². The second-order valence-corrected chi connectivity index (χ2v) is 13.2. The van der Waals surface area contributed by atoms with E-state index in [2.05, 4.69) is 50.5 Å². The number of nitrogens with zero attached hydrogens (tertiary/aromatic N) is 2. The predicted octanol–water partition coefficient (Wildman–Crippen LogP) is 5.93. The molecule has 0 radical (unpaired) electrons. The minimum absolute atomic E-state index is 0.0698. The zero-order valence-corrected chi connectivity index (χ0v) is 26.6. The summed E-state index contributed by atoms with van der Waals surface area (Å²) in [7, 11) is 0. The van der Waals surface area contributed by atoms with Crippen LogP contribution in [0.2, 0.25) is 0 Å². The number of para-hydroxylation sites is 1. The quantitative estimate of drug-likeness (QED) is 0.248. The molecule has 1 amide bonds. The molecule has 1 aliphatic heterocycles. The van der Waals surface area contributed by atoms with Crippen molar-refractivity contribution in [2.45, 2.75) is 32.9 Å². The minimum Gasteiger partial charge on any atom is -0.489 e. The van der Waals surface area contributed by atoms with Gasteiger partial charge in [-0.05, 0) is 113 Å². The van der Waals surface area contributed by atoms with E-state index in [-0.39, 0.29) is 17.6 Å². The average Bonchev–Trinajstić information content (AvgIpc) is 3.50. The van der Waals surface area contributed by atoms with Gasteiger partial charge in [-0.15, -0.1) is 11.3 Å². The SMILES string of the molecule is CC1=C(C(=O)Nc2ccccc2)C(c2cccs2)n2c(sc(=Cc3cc(I)c(OC(C)C)c(I)c3)c2=O)=N1. The number of ether oxygens (including phenoxy) is 1. The number of rotatable bonds is 6. The molecule has 10 heteroatoms. The third-order valence-corrected chi connectivity index (χ3v) is 9.29. The number of benzene rings is 2. The van der Waals surface area contributed by atoms with Gasteiger partial charge in [0.05, 0.1) is 29.0 Å². The molecule has 1 aliphatic rings. The summed E-state index contributed by atoms with van der Waals surface area (Å²) in [6.45, 7) is 5.83. The fraction of sp³-hybridized carbons (Fsp3) is 0.179. The number of anilines is 1. The highest BCUT2D eigenvalue weighted by Gasteiger charge is 2.33. The van der Waals surface area contributed by atoms with Crippen LogP contribution in [0, 0.1) is 7.14 Å². The number of thiophene rings is 1. The standard InChI is InChI=1S/C28H23I2N3O3S2/c1-15(2)36-25-19(29)12-17(13-20(25)30)14-22-27(35)33-24(21-10-7-11-37-21)23(16(3)31-28(33)38-22)26(34)32-18-8-5-4-6-9-18/h4-15,24H,1-3H3,(H,32,34). The van der Waals surface area contributed by atoms with E-state index < -0.39 is 6.04 Å². The number of aromatic nitrogens is 1. The van der Waals surface area contributed by atoms with Crippen LogP contribution in [0.25, 0.3) is 6.08 Å². The normalized spacial score (nSPS) is 15.4. The molecule has 6 nitrogen and oxygen atoms in total. The number of fused-ring (bicyclic) bond motifs is 1. The van der Waals surface area contributed by atoms with Crippen LogP contribution < -0.4 is 24.9 Å². The van der Waals surface area contributed by atoms with E-state index in [1.807, 2.05) is 86.8 Å². The molecule has 2 aromatic carbocycles. The first-order valence-corrected chi connectivity index (χ1v) is 15.7. The lowest BCUT2D eigenvalue weighted by Gasteiger charge is -2.24. The second kappa shape index (κ2) is 11.4. The fourth-order valence-corrected chi connectivity index (χ4v) is 8.15. The van der Waals surface area contributed by atoms with Crippen LogP contribution in [-0.4, -0.2) is 16.6 Å². The van der Waals surface area contributed by atoms with E-state index >= 15 is 0 Å². The van der Waals surface area contributed by atoms with E-state index in [1.54, 1.807) is 4.57 Å². The summed E-state index contributed by atoms with van der Waals surface area (Å²) in [4.78, 5) is 33.6. The summed E-state index contributed by atoms with van der Waals surface area (Å²) in [6, 6.07) is 16.7. The molecule has 0 spiro atoms. The maximum atomic E-state index is 13.8. The zero-order valence-electron chi connectivity index (χ0n) is 20.7. The molecule has 0 aliphatic carbocycles. The van der Waals surface area contributed by atoms with E-state index in [1.165, 1.54) is 22.7 Å². The maximum absolute atomic E-state index is 13.8. The molecular weight excluding hydrogens is 744 g/mol. The summed E-state index contributed by atoms with van der Waals surface area (Å²) in [5, 5.41) is 4.93. The molecule has 194 valence electrons. The first-order valence-electron chi connectivity index (χ1n) is 11.8. The van der Waals surface area contributed by atoms with Gasteiger partial charge in [-0.1, -0.05) is 35.6 Å². The number of hydrogen-bond donors (Lipinski definition) is 1. The summed E-state index contributed by atoms with van der Waals surface area (Å²) in [6.07, 6.45) is 1.96. The molecule has 1 N–H and O–H groups in total. The molecule has 1 unspecified atom stereocenters. The molecule has 0 saturated carbocycles. The van der Waals surface area contributed by atoms with Gasteiger partial charge in [0.1, 0.15) is 11.8 Å². The molecule has 4 aromatic rings. The third-order valence-electron chi connectivity index (χ3n) is 5.78. The van der Waals surface area contributed by atoms with Gasteiger partial charge in [0.15, 0.2) is 4.80 Å². The van der Waals surface area contributed by atoms with Crippen molar-refractivity contribution in [3.8, 4) is 5.75 Å². The summed E-state index contributed by atoms with van der Waals surface area (Å²) in [5.41, 5.74) is 2.50. The van der Waals surface area contributed by atoms with Gasteiger partial charge in [0.25, 0.3) is 11.5 Å². The lowest BCUT2D eigenvalue weighted by atomic mass is 10.0. The molecule has 0 bridgehead atoms. The Bertz CT molecular complexity index is 1700. The topological polar surface area (TPSA) is 72.7 Å². The number of amides is 1. The van der Waals surface area contributed by atoms with Crippen LogP contribution in [-0.2, 0) is 4.79 Å². The van der Waals surface area contributed by atoms with Gasteiger partial charge in [0.2, 0.25) is 0 Å². The van der Waals surface area contributed by atoms with Gasteiger partial charge in [-0.3, -0.25) is 14.2 Å². The van der Waals surface area contributed by atoms with E-state index in [0.717, 1.165) is 23.3 Å². The second-order valence-electron chi connectivity index (χ2n) is 8.90. The zero-order chi connectivity index (χ0) is 27.0. The smallest absolute Gasteiger partial charge is 0.271 e. The Balaban J connectivity index is 1.61. The van der Waals surface area contributed by atoms with Crippen LogP contribution in [0.1, 0.15) is 37.3 Å². The van der Waals surface area contributed by atoms with Gasteiger partial charge in [-0.2, -0.15) is 0 Å². The Morgan fingerprint density at radius 3 is 2.47 bits per heavy atom. The Kier molecular flexibility index (Phi) is 8.22. The highest BCUT2D eigenvalue weighted by Crippen LogP contribution is 2.33. The highest BCUT2D eigenvalue weighted by atomic mass is 127. The summed E-state index contributed by atoms with van der Waals surface area (Å²) >= 11 is 7.39. The van der Waals surface area contributed by atoms with Crippen molar-refractivity contribution in [3.63, 3.8) is 0 Å². The van der Waals surface area contributed by atoms with Crippen molar-refractivity contribution in [2.75, 3.05) is 5.32 Å². The number of carbonyl (C=O) groups excluding carboxylic acids is 1. The van der Waals surface area contributed by atoms with Crippen LogP contribution in [0.15, 0.2) is 81.0 Å². The molecular formula is C28H23I2N3O3S2. The Labute approximate surface area is 255 Å².